The predicted octanol–water partition coefficient (Wildman–Crippen LogP) is 4.84. The van der Waals surface area contributed by atoms with Crippen LogP contribution in [0, 0.1) is 0 Å². The molecule has 0 radical (unpaired) electrons. The van der Waals surface area contributed by atoms with Crippen molar-refractivity contribution in [3.05, 3.63) is 70.3 Å². The van der Waals surface area contributed by atoms with E-state index in [4.69, 9.17) is 0 Å². The first kappa shape index (κ1) is 18.4. The van der Waals surface area contributed by atoms with Gasteiger partial charge in [0.2, 0.25) is 0 Å². The molecule has 5 heteroatoms. The van der Waals surface area contributed by atoms with Gasteiger partial charge in [-0.05, 0) is 37.5 Å². The molecule has 0 spiro atoms. The first-order valence-electron chi connectivity index (χ1n) is 9.82. The van der Waals surface area contributed by atoms with Gasteiger partial charge >= 0.3 is 6.09 Å². The van der Waals surface area contributed by atoms with Crippen LogP contribution in [0.25, 0.3) is 0 Å². The molecule has 1 N–H and O–H groups in total. The highest BCUT2D eigenvalue weighted by Crippen LogP contribution is 2.33. The Morgan fingerprint density at radius 1 is 0.929 bits per heavy atom. The molecule has 144 valence electrons. The molecule has 1 atom stereocenters. The summed E-state index contributed by atoms with van der Waals surface area (Å²) in [4.78, 5) is 39.2. The first-order chi connectivity index (χ1) is 13.5. The fraction of sp³-hybridized carbons (Fsp3) is 0.348. The topological polar surface area (TPSA) is 74.7 Å². The van der Waals surface area contributed by atoms with Crippen molar-refractivity contribution < 1.29 is 19.5 Å². The fourth-order valence-corrected chi connectivity index (χ4v) is 4.53. The Morgan fingerprint density at radius 3 is 2.11 bits per heavy atom. The molecule has 0 bridgehead atoms. The molecule has 2 aromatic carbocycles. The highest BCUT2D eigenvalue weighted by atomic mass is 16.4. The number of ketones is 2. The zero-order valence-electron chi connectivity index (χ0n) is 15.9. The van der Waals surface area contributed by atoms with Gasteiger partial charge in [-0.3, -0.25) is 14.5 Å². The van der Waals surface area contributed by atoms with Crippen molar-refractivity contribution >= 4 is 17.7 Å². The number of amides is 1. The molecule has 1 fully saturated rings. The summed E-state index contributed by atoms with van der Waals surface area (Å²) < 4.78 is 0. The van der Waals surface area contributed by atoms with Crippen LogP contribution in [0.4, 0.5) is 4.79 Å². The Bertz CT molecular complexity index is 959. The molecular formula is C23H23NO4. The number of fused-ring (bicyclic) bond motifs is 2. The lowest BCUT2D eigenvalue weighted by atomic mass is 9.82. The smallest absolute Gasteiger partial charge is 0.408 e. The number of hydrogen-bond acceptors (Lipinski definition) is 3. The lowest BCUT2D eigenvalue weighted by molar-refractivity contribution is 0.0881. The molecule has 2 aliphatic carbocycles. The number of hydrogen-bond donors (Lipinski definition) is 1. The average Bonchev–Trinajstić information content (AvgIpc) is 2.72. The molecule has 5 nitrogen and oxygen atoms in total. The van der Waals surface area contributed by atoms with Gasteiger partial charge in [-0.2, -0.15) is 0 Å². The van der Waals surface area contributed by atoms with E-state index in [1.165, 1.54) is 4.90 Å². The predicted molar refractivity (Wildman–Crippen MR) is 105 cm³/mol. The summed E-state index contributed by atoms with van der Waals surface area (Å²) in [7, 11) is 0. The number of carbonyl (C=O) groups excluding carboxylic acids is 2. The number of nitrogens with zero attached hydrogens (tertiary/aromatic N) is 1. The van der Waals surface area contributed by atoms with Crippen LogP contribution >= 0.6 is 0 Å². The van der Waals surface area contributed by atoms with Crippen LogP contribution < -0.4 is 0 Å². The third kappa shape index (κ3) is 3.01. The van der Waals surface area contributed by atoms with E-state index in [0.29, 0.717) is 22.3 Å². The van der Waals surface area contributed by atoms with Crippen molar-refractivity contribution in [1.82, 2.24) is 4.90 Å². The summed E-state index contributed by atoms with van der Waals surface area (Å²) in [5.41, 5.74) is 2.33. The second-order valence-electron chi connectivity index (χ2n) is 7.67. The number of benzene rings is 2. The van der Waals surface area contributed by atoms with E-state index < -0.39 is 6.09 Å². The monoisotopic (exact) mass is 377 g/mol. The van der Waals surface area contributed by atoms with E-state index in [1.807, 2.05) is 6.92 Å². The SMILES string of the molecule is CC(c1ccc2c(c1)C(=O)c1ccccc1C2=O)N(C(=O)O)C1CCCCC1. The molecule has 4 rings (SSSR count). The van der Waals surface area contributed by atoms with Crippen molar-refractivity contribution in [2.75, 3.05) is 0 Å². The number of rotatable bonds is 3. The number of carbonyl (C=O) groups is 3. The van der Waals surface area contributed by atoms with Crippen LogP contribution in [0.3, 0.4) is 0 Å². The second-order valence-corrected chi connectivity index (χ2v) is 7.67. The Morgan fingerprint density at radius 2 is 1.50 bits per heavy atom. The minimum Gasteiger partial charge on any atom is -0.465 e. The van der Waals surface area contributed by atoms with E-state index in [0.717, 1.165) is 37.7 Å². The van der Waals surface area contributed by atoms with E-state index >= 15 is 0 Å². The van der Waals surface area contributed by atoms with Gasteiger partial charge in [-0.1, -0.05) is 49.6 Å². The van der Waals surface area contributed by atoms with Gasteiger partial charge in [-0.15, -0.1) is 0 Å². The van der Waals surface area contributed by atoms with E-state index in [1.54, 1.807) is 42.5 Å². The molecule has 2 aromatic rings. The zero-order chi connectivity index (χ0) is 19.8. The highest BCUT2D eigenvalue weighted by molar-refractivity contribution is 6.28. The molecule has 2 aliphatic rings. The normalized spacial score (nSPS) is 17.6. The van der Waals surface area contributed by atoms with Gasteiger partial charge in [0.05, 0.1) is 6.04 Å². The molecular weight excluding hydrogens is 354 g/mol. The third-order valence-corrected chi connectivity index (χ3v) is 6.04. The summed E-state index contributed by atoms with van der Waals surface area (Å²) >= 11 is 0. The van der Waals surface area contributed by atoms with Crippen molar-refractivity contribution in [2.24, 2.45) is 0 Å². The second kappa shape index (κ2) is 7.23. The average molecular weight is 377 g/mol. The van der Waals surface area contributed by atoms with Crippen LogP contribution in [0.5, 0.6) is 0 Å². The Labute approximate surface area is 164 Å². The maximum atomic E-state index is 13.0. The first-order valence-corrected chi connectivity index (χ1v) is 9.82. The molecule has 0 heterocycles. The van der Waals surface area contributed by atoms with E-state index in [-0.39, 0.29) is 23.7 Å². The maximum Gasteiger partial charge on any atom is 0.408 e. The Hall–Kier alpha value is -2.95. The van der Waals surface area contributed by atoms with Crippen LogP contribution in [-0.2, 0) is 0 Å². The van der Waals surface area contributed by atoms with Gasteiger partial charge in [0, 0.05) is 28.3 Å². The fourth-order valence-electron chi connectivity index (χ4n) is 4.53. The van der Waals surface area contributed by atoms with Gasteiger partial charge in [-0.25, -0.2) is 4.79 Å². The standard InChI is InChI=1S/C23H23NO4/c1-14(24(23(27)28)16-7-3-2-4-8-16)15-11-12-19-20(13-15)22(26)18-10-6-5-9-17(18)21(19)25/h5-6,9-14,16H,2-4,7-8H2,1H3,(H,27,28). The van der Waals surface area contributed by atoms with Gasteiger partial charge < -0.3 is 5.11 Å². The summed E-state index contributed by atoms with van der Waals surface area (Å²) in [5.74, 6) is -0.342. The summed E-state index contributed by atoms with van der Waals surface area (Å²) in [6, 6.07) is 11.6. The van der Waals surface area contributed by atoms with Crippen LogP contribution in [-0.4, -0.2) is 33.7 Å². The van der Waals surface area contributed by atoms with Crippen LogP contribution in [0.15, 0.2) is 42.5 Å². The van der Waals surface area contributed by atoms with E-state index in [2.05, 4.69) is 0 Å². The highest BCUT2D eigenvalue weighted by Gasteiger charge is 2.33. The largest absolute Gasteiger partial charge is 0.465 e. The Balaban J connectivity index is 1.71. The van der Waals surface area contributed by atoms with Gasteiger partial charge in [0.25, 0.3) is 0 Å². The minimum absolute atomic E-state index is 0.00431. The van der Waals surface area contributed by atoms with Gasteiger partial charge in [0.15, 0.2) is 11.6 Å². The van der Waals surface area contributed by atoms with Gasteiger partial charge in [0.1, 0.15) is 0 Å². The van der Waals surface area contributed by atoms with Crippen LogP contribution in [0.1, 0.15) is 82.5 Å². The molecule has 1 unspecified atom stereocenters. The third-order valence-electron chi connectivity index (χ3n) is 6.04. The molecule has 0 aliphatic heterocycles. The van der Waals surface area contributed by atoms with Crippen molar-refractivity contribution in [3.63, 3.8) is 0 Å². The Kier molecular flexibility index (Phi) is 4.75. The van der Waals surface area contributed by atoms with Crippen LogP contribution in [0.2, 0.25) is 0 Å². The zero-order valence-corrected chi connectivity index (χ0v) is 15.9. The molecule has 0 aromatic heterocycles. The molecule has 1 saturated carbocycles. The molecule has 0 saturated heterocycles. The van der Waals surface area contributed by atoms with E-state index in [9.17, 15) is 19.5 Å². The summed E-state index contributed by atoms with van der Waals surface area (Å²) in [6.45, 7) is 1.85. The minimum atomic E-state index is -0.940. The summed E-state index contributed by atoms with van der Waals surface area (Å²) in [5, 5.41) is 9.82. The maximum absolute atomic E-state index is 13.0. The number of carboxylic acid groups (broad SMARTS) is 1. The molecule has 1 amide bonds. The molecule has 28 heavy (non-hydrogen) atoms. The quantitative estimate of drug-likeness (QED) is 0.709. The lowest BCUT2D eigenvalue weighted by Gasteiger charge is -2.37. The van der Waals surface area contributed by atoms with Crippen molar-refractivity contribution in [3.8, 4) is 0 Å². The summed E-state index contributed by atoms with van der Waals surface area (Å²) in [6.07, 6.45) is 4.01. The van der Waals surface area contributed by atoms with Crippen molar-refractivity contribution in [1.29, 1.82) is 0 Å². The van der Waals surface area contributed by atoms with Crippen molar-refractivity contribution in [2.45, 2.75) is 51.1 Å². The lowest BCUT2D eigenvalue weighted by Crippen LogP contribution is -2.42.